The van der Waals surface area contributed by atoms with Crippen LogP contribution in [0.3, 0.4) is 0 Å². The standard InChI is InChI=1S/C8H5FIN3O2/c1-13-6-3(7(14)12-2-11-6)5(10)4(9)8(13)15/h2H,1H3,(H,11,12,14). The first-order chi connectivity index (χ1) is 7.04. The molecule has 0 aromatic carbocycles. The molecule has 0 amide bonds. The van der Waals surface area contributed by atoms with Crippen LogP contribution >= 0.6 is 22.6 Å². The Morgan fingerprint density at radius 2 is 2.20 bits per heavy atom. The molecule has 0 atom stereocenters. The predicted octanol–water partition coefficient (Wildman–Crippen LogP) is 0.365. The van der Waals surface area contributed by atoms with E-state index in [-0.39, 0.29) is 14.6 Å². The van der Waals surface area contributed by atoms with E-state index < -0.39 is 16.9 Å². The molecule has 7 heteroatoms. The number of fused-ring (bicyclic) bond motifs is 1. The summed E-state index contributed by atoms with van der Waals surface area (Å²) in [4.78, 5) is 29.0. The first-order valence-electron chi connectivity index (χ1n) is 3.95. The minimum absolute atomic E-state index is 0.0000463. The maximum atomic E-state index is 13.4. The van der Waals surface area contributed by atoms with E-state index in [1.165, 1.54) is 13.4 Å². The Morgan fingerprint density at radius 3 is 2.87 bits per heavy atom. The molecule has 0 bridgehead atoms. The van der Waals surface area contributed by atoms with Crippen LogP contribution in [0, 0.1) is 9.39 Å². The smallest absolute Gasteiger partial charge is 0.289 e. The van der Waals surface area contributed by atoms with Gasteiger partial charge in [0.25, 0.3) is 11.1 Å². The van der Waals surface area contributed by atoms with Crippen molar-refractivity contribution in [3.63, 3.8) is 0 Å². The molecule has 15 heavy (non-hydrogen) atoms. The van der Waals surface area contributed by atoms with E-state index in [1.54, 1.807) is 22.6 Å². The number of hydrogen-bond donors (Lipinski definition) is 1. The molecule has 0 aliphatic rings. The Hall–Kier alpha value is -1.25. The Balaban J connectivity index is 3.23. The van der Waals surface area contributed by atoms with Crippen LogP contribution in [0.5, 0.6) is 0 Å². The first kappa shape index (κ1) is 10.3. The number of rotatable bonds is 0. The van der Waals surface area contributed by atoms with Crippen molar-refractivity contribution in [1.29, 1.82) is 0 Å². The highest BCUT2D eigenvalue weighted by atomic mass is 127. The van der Waals surface area contributed by atoms with Crippen molar-refractivity contribution in [1.82, 2.24) is 14.5 Å². The van der Waals surface area contributed by atoms with Gasteiger partial charge in [0.05, 0.1) is 15.3 Å². The van der Waals surface area contributed by atoms with Gasteiger partial charge in [-0.2, -0.15) is 4.39 Å². The molecule has 2 heterocycles. The highest BCUT2D eigenvalue weighted by Crippen LogP contribution is 2.14. The topological polar surface area (TPSA) is 67.8 Å². The Kier molecular flexibility index (Phi) is 2.33. The van der Waals surface area contributed by atoms with Crippen molar-refractivity contribution >= 4 is 33.6 Å². The van der Waals surface area contributed by atoms with Crippen LogP contribution in [0.1, 0.15) is 0 Å². The fourth-order valence-electron chi connectivity index (χ4n) is 1.29. The van der Waals surface area contributed by atoms with Gasteiger partial charge in [0.2, 0.25) is 5.82 Å². The largest absolute Gasteiger partial charge is 0.312 e. The first-order valence-corrected chi connectivity index (χ1v) is 5.03. The molecule has 0 aliphatic heterocycles. The zero-order valence-corrected chi connectivity index (χ0v) is 9.70. The lowest BCUT2D eigenvalue weighted by molar-refractivity contribution is 0.588. The van der Waals surface area contributed by atoms with Crippen molar-refractivity contribution in [3.05, 3.63) is 36.4 Å². The molecule has 1 N–H and O–H groups in total. The average Bonchev–Trinajstić information content (AvgIpc) is 2.23. The predicted molar refractivity (Wildman–Crippen MR) is 60.3 cm³/mol. The summed E-state index contributed by atoms with van der Waals surface area (Å²) in [6.07, 6.45) is 1.18. The summed E-state index contributed by atoms with van der Waals surface area (Å²) < 4.78 is 14.4. The monoisotopic (exact) mass is 321 g/mol. The van der Waals surface area contributed by atoms with E-state index in [9.17, 15) is 14.0 Å². The summed E-state index contributed by atoms with van der Waals surface area (Å²) >= 11 is 1.62. The molecular weight excluding hydrogens is 316 g/mol. The van der Waals surface area contributed by atoms with Crippen LogP contribution in [0.15, 0.2) is 15.9 Å². The van der Waals surface area contributed by atoms with Crippen molar-refractivity contribution in [2.75, 3.05) is 0 Å². The van der Waals surface area contributed by atoms with Crippen molar-refractivity contribution < 1.29 is 4.39 Å². The number of halogens is 2. The third-order valence-electron chi connectivity index (χ3n) is 2.06. The molecule has 0 aliphatic carbocycles. The lowest BCUT2D eigenvalue weighted by Crippen LogP contribution is -2.25. The number of nitrogens with zero attached hydrogens (tertiary/aromatic N) is 2. The third kappa shape index (κ3) is 1.37. The van der Waals surface area contributed by atoms with Crippen molar-refractivity contribution in [2.45, 2.75) is 0 Å². The van der Waals surface area contributed by atoms with E-state index in [1.807, 2.05) is 0 Å². The average molecular weight is 321 g/mol. The summed E-state index contributed by atoms with van der Waals surface area (Å²) in [5.74, 6) is -0.927. The van der Waals surface area contributed by atoms with Gasteiger partial charge in [0.1, 0.15) is 0 Å². The molecule has 2 rings (SSSR count). The zero-order valence-electron chi connectivity index (χ0n) is 7.54. The molecule has 5 nitrogen and oxygen atoms in total. The highest BCUT2D eigenvalue weighted by molar-refractivity contribution is 14.1. The third-order valence-corrected chi connectivity index (χ3v) is 3.07. The molecule has 0 saturated carbocycles. The van der Waals surface area contributed by atoms with Gasteiger partial charge < -0.3 is 4.98 Å². The SMILES string of the molecule is Cn1c(=O)c(F)c(I)c2c(=O)[nH]cnc21. The molecule has 0 saturated heterocycles. The zero-order chi connectivity index (χ0) is 11.2. The number of pyridine rings is 1. The van der Waals surface area contributed by atoms with E-state index in [4.69, 9.17) is 0 Å². The maximum Gasteiger partial charge on any atom is 0.289 e. The van der Waals surface area contributed by atoms with Gasteiger partial charge in [-0.25, -0.2) is 4.98 Å². The Bertz CT molecular complexity index is 661. The summed E-state index contributed by atoms with van der Waals surface area (Å²) in [7, 11) is 1.37. The lowest BCUT2D eigenvalue weighted by atomic mass is 10.3. The summed E-state index contributed by atoms with van der Waals surface area (Å²) in [5.41, 5.74) is -1.07. The summed E-state index contributed by atoms with van der Waals surface area (Å²) in [6, 6.07) is 0. The number of H-pyrrole nitrogens is 1. The Labute approximate surface area is 96.1 Å². The molecule has 0 radical (unpaired) electrons. The molecule has 2 aromatic heterocycles. The molecule has 0 fully saturated rings. The van der Waals surface area contributed by atoms with Gasteiger partial charge in [0, 0.05) is 7.05 Å². The van der Waals surface area contributed by atoms with Crippen LogP contribution < -0.4 is 11.1 Å². The summed E-state index contributed by atoms with van der Waals surface area (Å²) in [5, 5.41) is 0.0951. The second-order valence-corrected chi connectivity index (χ2v) is 4.00. The van der Waals surface area contributed by atoms with Gasteiger partial charge in [0.15, 0.2) is 5.65 Å². The molecule has 0 unspecified atom stereocenters. The van der Waals surface area contributed by atoms with Crippen LogP contribution in [-0.2, 0) is 7.05 Å². The minimum Gasteiger partial charge on any atom is -0.312 e. The molecule has 2 aromatic rings. The molecular formula is C8H5FIN3O2. The van der Waals surface area contributed by atoms with Gasteiger partial charge >= 0.3 is 0 Å². The van der Waals surface area contributed by atoms with Crippen molar-refractivity contribution in [2.24, 2.45) is 7.05 Å². The number of aryl methyl sites for hydroxylation is 1. The normalized spacial score (nSPS) is 10.9. The lowest BCUT2D eigenvalue weighted by Gasteiger charge is -2.04. The number of aromatic nitrogens is 3. The Morgan fingerprint density at radius 1 is 1.53 bits per heavy atom. The van der Waals surface area contributed by atoms with Gasteiger partial charge in [-0.3, -0.25) is 14.2 Å². The fraction of sp³-hybridized carbons (Fsp3) is 0.125. The van der Waals surface area contributed by atoms with E-state index in [2.05, 4.69) is 9.97 Å². The van der Waals surface area contributed by atoms with Crippen LogP contribution in [0.2, 0.25) is 0 Å². The number of hydrogen-bond acceptors (Lipinski definition) is 3. The molecule has 78 valence electrons. The van der Waals surface area contributed by atoms with Crippen LogP contribution in [-0.4, -0.2) is 14.5 Å². The number of aromatic amines is 1. The van der Waals surface area contributed by atoms with E-state index >= 15 is 0 Å². The quantitative estimate of drug-likeness (QED) is 0.713. The van der Waals surface area contributed by atoms with Gasteiger partial charge in [-0.05, 0) is 22.6 Å². The summed E-state index contributed by atoms with van der Waals surface area (Å²) in [6.45, 7) is 0. The molecule has 0 spiro atoms. The second-order valence-electron chi connectivity index (χ2n) is 2.92. The van der Waals surface area contributed by atoms with Crippen LogP contribution in [0.25, 0.3) is 11.0 Å². The van der Waals surface area contributed by atoms with Crippen molar-refractivity contribution in [3.8, 4) is 0 Å². The maximum absolute atomic E-state index is 13.4. The van der Waals surface area contributed by atoms with Gasteiger partial charge in [-0.15, -0.1) is 0 Å². The highest BCUT2D eigenvalue weighted by Gasteiger charge is 2.15. The van der Waals surface area contributed by atoms with Crippen LogP contribution in [0.4, 0.5) is 4.39 Å². The number of nitrogens with one attached hydrogen (secondary N) is 1. The van der Waals surface area contributed by atoms with E-state index in [0.29, 0.717) is 0 Å². The second kappa shape index (κ2) is 3.40. The minimum atomic E-state index is -0.927. The fourth-order valence-corrected chi connectivity index (χ4v) is 2.01. The van der Waals surface area contributed by atoms with E-state index in [0.717, 1.165) is 4.57 Å². The van der Waals surface area contributed by atoms with Gasteiger partial charge in [-0.1, -0.05) is 0 Å².